The molecule has 0 aliphatic heterocycles. The number of rotatable bonds is 8. The summed E-state index contributed by atoms with van der Waals surface area (Å²) in [5, 5.41) is 22.7. The summed E-state index contributed by atoms with van der Waals surface area (Å²) in [5.74, 6) is -0.951. The van der Waals surface area contributed by atoms with Crippen LogP contribution in [0.5, 0.6) is 0 Å². The van der Waals surface area contributed by atoms with Crippen LogP contribution in [0, 0.1) is 5.92 Å². The number of hydrogen-bond acceptors (Lipinski definition) is 4. The molecule has 7 nitrogen and oxygen atoms in total. The molecule has 0 aliphatic carbocycles. The zero-order valence-corrected chi connectivity index (χ0v) is 11.0. The molecule has 2 amide bonds. The average Bonchev–Trinajstić information content (AvgIpc) is 2.25. The maximum Gasteiger partial charge on any atom is 0.337 e. The molecule has 18 heavy (non-hydrogen) atoms. The number of carboxylic acids is 1. The van der Waals surface area contributed by atoms with Crippen LogP contribution in [-0.4, -0.2) is 54.1 Å². The highest BCUT2D eigenvalue weighted by Crippen LogP contribution is 2.00. The predicted octanol–water partition coefficient (Wildman–Crippen LogP) is -0.206. The molecule has 0 aromatic heterocycles. The topological polar surface area (TPSA) is 108 Å². The summed E-state index contributed by atoms with van der Waals surface area (Å²) < 4.78 is 5.24. The maximum absolute atomic E-state index is 11.2. The van der Waals surface area contributed by atoms with Gasteiger partial charge in [0.1, 0.15) is 0 Å². The molecule has 1 atom stereocenters. The Morgan fingerprint density at radius 1 is 1.33 bits per heavy atom. The van der Waals surface area contributed by atoms with E-state index >= 15 is 0 Å². The highest BCUT2D eigenvalue weighted by molar-refractivity contribution is 5.79. The van der Waals surface area contributed by atoms with Gasteiger partial charge in [-0.25, -0.2) is 9.59 Å². The van der Waals surface area contributed by atoms with E-state index in [0.717, 1.165) is 6.92 Å². The minimum absolute atomic E-state index is 0.327. The fourth-order valence-electron chi connectivity index (χ4n) is 0.946. The molecule has 106 valence electrons. The second kappa shape index (κ2) is 7.88. The summed E-state index contributed by atoms with van der Waals surface area (Å²) >= 11 is 0. The maximum atomic E-state index is 11.2. The molecule has 0 saturated carbocycles. The summed E-state index contributed by atoms with van der Waals surface area (Å²) in [6, 6.07) is -0.537. The Morgan fingerprint density at radius 2 is 1.94 bits per heavy atom. The lowest BCUT2D eigenvalue weighted by Gasteiger charge is -2.18. The van der Waals surface area contributed by atoms with Gasteiger partial charge in [-0.15, -0.1) is 0 Å². The van der Waals surface area contributed by atoms with Crippen LogP contribution in [-0.2, 0) is 9.53 Å². The molecule has 7 heteroatoms. The first-order valence-electron chi connectivity index (χ1n) is 5.81. The fraction of sp³-hybridized carbons (Fsp3) is 0.818. The third-order valence-electron chi connectivity index (χ3n) is 2.04. The number of aliphatic carboxylic acids is 1. The summed E-state index contributed by atoms with van der Waals surface area (Å²) in [6.45, 7) is 6.14. The lowest BCUT2D eigenvalue weighted by molar-refractivity contribution is -0.155. The Kier molecular flexibility index (Phi) is 7.30. The molecule has 0 radical (unpaired) electrons. The molecule has 0 heterocycles. The second-order valence-corrected chi connectivity index (χ2v) is 4.66. The molecule has 0 rings (SSSR count). The van der Waals surface area contributed by atoms with Crippen molar-refractivity contribution in [3.05, 3.63) is 0 Å². The molecule has 0 bridgehead atoms. The third-order valence-corrected chi connectivity index (χ3v) is 2.04. The van der Waals surface area contributed by atoms with E-state index in [1.54, 1.807) is 0 Å². The van der Waals surface area contributed by atoms with Crippen LogP contribution in [0.15, 0.2) is 0 Å². The van der Waals surface area contributed by atoms with Gasteiger partial charge in [0.15, 0.2) is 5.60 Å². The Hall–Kier alpha value is -1.34. The van der Waals surface area contributed by atoms with Crippen LogP contribution >= 0.6 is 0 Å². The van der Waals surface area contributed by atoms with Gasteiger partial charge in [-0.3, -0.25) is 0 Å². The molecule has 0 aromatic carbocycles. The van der Waals surface area contributed by atoms with Gasteiger partial charge in [-0.2, -0.15) is 0 Å². The van der Waals surface area contributed by atoms with E-state index in [-0.39, 0.29) is 6.54 Å². The summed E-state index contributed by atoms with van der Waals surface area (Å²) in [5.41, 5.74) is -1.97. The van der Waals surface area contributed by atoms with Crippen LogP contribution in [0.4, 0.5) is 4.79 Å². The van der Waals surface area contributed by atoms with Crippen molar-refractivity contribution in [3.8, 4) is 0 Å². The Balaban J connectivity index is 3.64. The Morgan fingerprint density at radius 3 is 2.44 bits per heavy atom. The van der Waals surface area contributed by atoms with E-state index in [1.165, 1.54) is 0 Å². The van der Waals surface area contributed by atoms with Gasteiger partial charge in [0, 0.05) is 13.2 Å². The number of carbonyl (C=O) groups is 2. The minimum atomic E-state index is -1.97. The summed E-state index contributed by atoms with van der Waals surface area (Å²) in [4.78, 5) is 21.8. The highest BCUT2D eigenvalue weighted by atomic mass is 16.5. The van der Waals surface area contributed by atoms with E-state index in [2.05, 4.69) is 10.6 Å². The lowest BCUT2D eigenvalue weighted by Crippen LogP contribution is -2.49. The smallest absolute Gasteiger partial charge is 0.337 e. The van der Waals surface area contributed by atoms with E-state index in [9.17, 15) is 14.7 Å². The number of hydrogen-bond donors (Lipinski definition) is 4. The van der Waals surface area contributed by atoms with Gasteiger partial charge in [-0.05, 0) is 12.8 Å². The van der Waals surface area contributed by atoms with Crippen molar-refractivity contribution < 1.29 is 24.5 Å². The highest BCUT2D eigenvalue weighted by Gasteiger charge is 2.30. The molecule has 4 N–H and O–H groups in total. The van der Waals surface area contributed by atoms with E-state index in [4.69, 9.17) is 9.84 Å². The van der Waals surface area contributed by atoms with Crippen LogP contribution in [0.3, 0.4) is 0 Å². The first kappa shape index (κ1) is 16.7. The molecular formula is C11H22N2O5. The molecule has 0 aromatic rings. The number of carbonyl (C=O) groups excluding carboxylic acids is 1. The average molecular weight is 262 g/mol. The van der Waals surface area contributed by atoms with Gasteiger partial charge >= 0.3 is 12.0 Å². The number of ether oxygens (including phenoxy) is 1. The quantitative estimate of drug-likeness (QED) is 0.453. The SMILES string of the molecule is CC(C)COCCNC(=O)NCC(C)(O)C(=O)O. The zero-order chi connectivity index (χ0) is 14.2. The first-order chi connectivity index (χ1) is 8.25. The number of amides is 2. The molecule has 0 spiro atoms. The lowest BCUT2D eigenvalue weighted by atomic mass is 10.1. The summed E-state index contributed by atoms with van der Waals surface area (Å²) in [6.07, 6.45) is 0. The van der Waals surface area contributed by atoms with Gasteiger partial charge in [0.25, 0.3) is 0 Å². The molecular weight excluding hydrogens is 240 g/mol. The van der Waals surface area contributed by atoms with Crippen molar-refractivity contribution in [1.29, 1.82) is 0 Å². The van der Waals surface area contributed by atoms with E-state index < -0.39 is 17.6 Å². The zero-order valence-electron chi connectivity index (χ0n) is 11.0. The van der Waals surface area contributed by atoms with Crippen LogP contribution in [0.25, 0.3) is 0 Å². The minimum Gasteiger partial charge on any atom is -0.479 e. The largest absolute Gasteiger partial charge is 0.479 e. The van der Waals surface area contributed by atoms with Crippen LogP contribution in [0.2, 0.25) is 0 Å². The van der Waals surface area contributed by atoms with E-state index in [1.807, 2.05) is 13.8 Å². The second-order valence-electron chi connectivity index (χ2n) is 4.66. The first-order valence-corrected chi connectivity index (χ1v) is 5.81. The fourth-order valence-corrected chi connectivity index (χ4v) is 0.946. The van der Waals surface area contributed by atoms with Gasteiger partial charge in [-0.1, -0.05) is 13.8 Å². The van der Waals surface area contributed by atoms with Crippen molar-refractivity contribution >= 4 is 12.0 Å². The number of aliphatic hydroxyl groups is 1. The van der Waals surface area contributed by atoms with Crippen molar-refractivity contribution in [2.45, 2.75) is 26.4 Å². The van der Waals surface area contributed by atoms with Crippen LogP contribution < -0.4 is 10.6 Å². The molecule has 0 aliphatic rings. The standard InChI is InChI=1S/C11H22N2O5/c1-8(2)6-18-5-4-12-10(16)13-7-11(3,17)9(14)15/h8,17H,4-7H2,1-3H3,(H,14,15)(H2,12,13,16). The molecule has 0 saturated heterocycles. The molecule has 1 unspecified atom stereocenters. The van der Waals surface area contributed by atoms with Gasteiger partial charge in [0.05, 0.1) is 13.2 Å². The van der Waals surface area contributed by atoms with Crippen LogP contribution in [0.1, 0.15) is 20.8 Å². The van der Waals surface area contributed by atoms with Crippen molar-refractivity contribution in [2.24, 2.45) is 5.92 Å². The predicted molar refractivity (Wildman–Crippen MR) is 65.3 cm³/mol. The Labute approximate surface area is 107 Å². The van der Waals surface area contributed by atoms with Crippen molar-refractivity contribution in [3.63, 3.8) is 0 Å². The summed E-state index contributed by atoms with van der Waals surface area (Å²) in [7, 11) is 0. The van der Waals surface area contributed by atoms with E-state index in [0.29, 0.717) is 25.7 Å². The van der Waals surface area contributed by atoms with Gasteiger partial charge in [0.2, 0.25) is 0 Å². The third kappa shape index (κ3) is 7.86. The normalized spacial score (nSPS) is 14.1. The van der Waals surface area contributed by atoms with Crippen molar-refractivity contribution in [2.75, 3.05) is 26.3 Å². The monoisotopic (exact) mass is 262 g/mol. The molecule has 0 fully saturated rings. The number of carboxylic acid groups (broad SMARTS) is 1. The van der Waals surface area contributed by atoms with Gasteiger partial charge < -0.3 is 25.6 Å². The Bertz CT molecular complexity index is 279. The number of urea groups is 1. The van der Waals surface area contributed by atoms with Crippen molar-refractivity contribution in [1.82, 2.24) is 10.6 Å². The number of nitrogens with one attached hydrogen (secondary N) is 2.